The number of hydrogen-bond acceptors (Lipinski definition) is 3. The van der Waals surface area contributed by atoms with E-state index in [1.54, 1.807) is 6.07 Å². The van der Waals surface area contributed by atoms with E-state index < -0.39 is 6.36 Å². The van der Waals surface area contributed by atoms with Gasteiger partial charge in [-0.3, -0.25) is 4.99 Å². The number of anilines is 1. The third-order valence-corrected chi connectivity index (χ3v) is 3.00. The van der Waals surface area contributed by atoms with Gasteiger partial charge in [0.25, 0.3) is 0 Å². The number of nitrogens with zero attached hydrogens (tertiary/aromatic N) is 1. The molecule has 0 fully saturated rings. The largest absolute Gasteiger partial charge is 0.573 e. The van der Waals surface area contributed by atoms with Gasteiger partial charge in [-0.2, -0.15) is 0 Å². The summed E-state index contributed by atoms with van der Waals surface area (Å²) in [5.74, 6) is -0.407. The molecule has 2 aromatic carbocycles. The molecule has 2 rings (SSSR count). The number of nitrogens with two attached hydrogens (primary N) is 1. The van der Waals surface area contributed by atoms with E-state index in [4.69, 9.17) is 10.5 Å². The molecule has 0 saturated carbocycles. The van der Waals surface area contributed by atoms with E-state index >= 15 is 0 Å². The van der Waals surface area contributed by atoms with E-state index in [2.05, 4.69) is 15.0 Å². The van der Waals surface area contributed by atoms with Gasteiger partial charge in [0.2, 0.25) is 0 Å². The average Bonchev–Trinajstić information content (AvgIpc) is 2.56. The highest BCUT2D eigenvalue weighted by atomic mass is 127. The highest BCUT2D eigenvalue weighted by Crippen LogP contribution is 2.29. The van der Waals surface area contributed by atoms with Gasteiger partial charge in [-0.1, -0.05) is 42.5 Å². The van der Waals surface area contributed by atoms with Crippen molar-refractivity contribution in [2.24, 2.45) is 10.7 Å². The third-order valence-electron chi connectivity index (χ3n) is 3.00. The van der Waals surface area contributed by atoms with Crippen LogP contribution in [0.2, 0.25) is 0 Å². The first kappa shape index (κ1) is 22.0. The Morgan fingerprint density at radius 1 is 1.04 bits per heavy atom. The van der Waals surface area contributed by atoms with E-state index in [1.165, 1.54) is 18.2 Å². The minimum Gasteiger partial charge on any atom is -0.404 e. The van der Waals surface area contributed by atoms with Crippen LogP contribution in [0, 0.1) is 0 Å². The molecule has 0 unspecified atom stereocenters. The first-order valence-corrected chi connectivity index (χ1v) is 7.47. The van der Waals surface area contributed by atoms with Crippen LogP contribution in [-0.2, 0) is 11.3 Å². The number of alkyl halides is 3. The lowest BCUT2D eigenvalue weighted by molar-refractivity contribution is -0.274. The molecule has 0 aliphatic heterocycles. The molecule has 0 heterocycles. The lowest BCUT2D eigenvalue weighted by atomic mass is 10.2. The second kappa shape index (κ2) is 10.9. The summed E-state index contributed by atoms with van der Waals surface area (Å²) in [4.78, 5) is 4.01. The summed E-state index contributed by atoms with van der Waals surface area (Å²) in [6.45, 7) is 1.05. The van der Waals surface area contributed by atoms with Gasteiger partial charge in [0.1, 0.15) is 0 Å². The summed E-state index contributed by atoms with van der Waals surface area (Å²) in [6, 6.07) is 15.2. The van der Waals surface area contributed by atoms with Crippen molar-refractivity contribution in [2.75, 3.05) is 18.5 Å². The van der Waals surface area contributed by atoms with Crippen LogP contribution in [0.15, 0.2) is 59.6 Å². The van der Waals surface area contributed by atoms with Crippen molar-refractivity contribution in [3.63, 3.8) is 0 Å². The van der Waals surface area contributed by atoms with E-state index in [0.29, 0.717) is 13.2 Å². The molecule has 2 aromatic rings. The summed E-state index contributed by atoms with van der Waals surface area (Å²) in [6.07, 6.45) is -4.78. The van der Waals surface area contributed by atoms with Gasteiger partial charge in [0, 0.05) is 0 Å². The molecule has 0 aliphatic carbocycles. The van der Waals surface area contributed by atoms with Crippen LogP contribution in [0.25, 0.3) is 0 Å². The lowest BCUT2D eigenvalue weighted by Crippen LogP contribution is -2.25. The first-order valence-electron chi connectivity index (χ1n) is 7.47. The van der Waals surface area contributed by atoms with Gasteiger partial charge in [0.15, 0.2) is 11.7 Å². The fourth-order valence-electron chi connectivity index (χ4n) is 1.96. The number of nitrogens with one attached hydrogen (secondary N) is 1. The van der Waals surface area contributed by atoms with Crippen molar-refractivity contribution in [2.45, 2.75) is 13.0 Å². The smallest absolute Gasteiger partial charge is 0.404 e. The van der Waals surface area contributed by atoms with E-state index in [9.17, 15) is 13.2 Å². The Hall–Kier alpha value is -2.01. The van der Waals surface area contributed by atoms with Gasteiger partial charge in [0.05, 0.1) is 25.4 Å². The van der Waals surface area contributed by atoms with Gasteiger partial charge < -0.3 is 20.5 Å². The molecule has 142 valence electrons. The van der Waals surface area contributed by atoms with Crippen molar-refractivity contribution in [3.8, 4) is 5.75 Å². The quantitative estimate of drug-likeness (QED) is 0.270. The van der Waals surface area contributed by atoms with Crippen LogP contribution in [0.3, 0.4) is 0 Å². The molecule has 0 spiro atoms. The zero-order valence-corrected chi connectivity index (χ0v) is 16.0. The van der Waals surface area contributed by atoms with Crippen molar-refractivity contribution >= 4 is 35.6 Å². The lowest BCUT2D eigenvalue weighted by Gasteiger charge is -2.14. The number of aliphatic imine (C=N–C) groups is 1. The van der Waals surface area contributed by atoms with Crippen molar-refractivity contribution in [1.82, 2.24) is 0 Å². The first-order chi connectivity index (χ1) is 11.9. The topological polar surface area (TPSA) is 68.9 Å². The summed E-state index contributed by atoms with van der Waals surface area (Å²) >= 11 is 0. The molecule has 3 N–H and O–H groups in total. The van der Waals surface area contributed by atoms with Crippen LogP contribution in [0.1, 0.15) is 5.56 Å². The van der Waals surface area contributed by atoms with Crippen molar-refractivity contribution in [3.05, 3.63) is 60.2 Å². The molecule has 9 heteroatoms. The molecule has 0 aromatic heterocycles. The van der Waals surface area contributed by atoms with Gasteiger partial charge in [-0.15, -0.1) is 37.1 Å². The summed E-state index contributed by atoms with van der Waals surface area (Å²) in [5, 5.41) is 2.59. The van der Waals surface area contributed by atoms with Crippen molar-refractivity contribution in [1.29, 1.82) is 0 Å². The molecule has 0 aliphatic rings. The molecular weight excluding hydrogens is 462 g/mol. The summed E-state index contributed by atoms with van der Waals surface area (Å²) in [5.41, 5.74) is 6.79. The number of guanidine groups is 1. The normalized spacial score (nSPS) is 11.6. The number of rotatable bonds is 7. The van der Waals surface area contributed by atoms with Crippen LogP contribution in [0.5, 0.6) is 5.75 Å². The maximum Gasteiger partial charge on any atom is 0.573 e. The second-order valence-corrected chi connectivity index (χ2v) is 4.97. The van der Waals surface area contributed by atoms with Gasteiger partial charge in [-0.25, -0.2) is 0 Å². The zero-order valence-electron chi connectivity index (χ0n) is 13.7. The minimum absolute atomic E-state index is 0. The second-order valence-electron chi connectivity index (χ2n) is 4.97. The van der Waals surface area contributed by atoms with E-state index in [0.717, 1.165) is 5.56 Å². The summed E-state index contributed by atoms with van der Waals surface area (Å²) < 4.78 is 46.4. The molecule has 0 amide bonds. The fraction of sp³-hybridized carbons (Fsp3) is 0.235. The fourth-order valence-corrected chi connectivity index (χ4v) is 1.96. The van der Waals surface area contributed by atoms with Crippen LogP contribution in [-0.4, -0.2) is 25.5 Å². The Morgan fingerprint density at radius 3 is 2.38 bits per heavy atom. The Balaban J connectivity index is 0.00000338. The number of hydrogen-bond donors (Lipinski definition) is 2. The monoisotopic (exact) mass is 481 g/mol. The average molecular weight is 481 g/mol. The molecule has 0 atom stereocenters. The Kier molecular flexibility index (Phi) is 9.21. The van der Waals surface area contributed by atoms with Gasteiger partial charge >= 0.3 is 6.36 Å². The number of para-hydroxylation sites is 2. The number of ether oxygens (including phenoxy) is 2. The van der Waals surface area contributed by atoms with Crippen LogP contribution in [0.4, 0.5) is 18.9 Å². The van der Waals surface area contributed by atoms with E-state index in [-0.39, 0.29) is 47.9 Å². The number of halogens is 4. The molecule has 5 nitrogen and oxygen atoms in total. The SMILES string of the molecule is I.NC(=NCCOCc1ccccc1)Nc1ccccc1OC(F)(F)F. The molecule has 0 bridgehead atoms. The molecule has 0 saturated heterocycles. The molecular formula is C17H19F3IN3O2. The highest BCUT2D eigenvalue weighted by Gasteiger charge is 2.32. The predicted octanol–water partition coefficient (Wildman–Crippen LogP) is 4.15. The number of benzene rings is 2. The van der Waals surface area contributed by atoms with Crippen LogP contribution >= 0.6 is 24.0 Å². The Labute approximate surface area is 166 Å². The predicted molar refractivity (Wildman–Crippen MR) is 105 cm³/mol. The zero-order chi connectivity index (χ0) is 18.1. The summed E-state index contributed by atoms with van der Waals surface area (Å²) in [7, 11) is 0. The van der Waals surface area contributed by atoms with Gasteiger partial charge in [-0.05, 0) is 17.7 Å². The standard InChI is InChI=1S/C17H18F3N3O2.HI/c18-17(19,20)25-15-9-5-4-8-14(15)23-16(21)22-10-11-24-12-13-6-2-1-3-7-13;/h1-9H,10-12H2,(H3,21,22,23);1H. The van der Waals surface area contributed by atoms with Crippen molar-refractivity contribution < 1.29 is 22.6 Å². The van der Waals surface area contributed by atoms with Crippen LogP contribution < -0.4 is 15.8 Å². The Bertz CT molecular complexity index is 697. The Morgan fingerprint density at radius 2 is 1.69 bits per heavy atom. The maximum atomic E-state index is 12.4. The van der Waals surface area contributed by atoms with E-state index in [1.807, 2.05) is 30.3 Å². The minimum atomic E-state index is -4.78. The molecule has 26 heavy (non-hydrogen) atoms. The molecule has 0 radical (unpaired) electrons. The maximum absolute atomic E-state index is 12.4. The highest BCUT2D eigenvalue weighted by molar-refractivity contribution is 14.0. The third kappa shape index (κ3) is 8.39.